The largest absolute Gasteiger partial charge is 0.455 e. The second-order valence-electron chi connectivity index (χ2n) is 6.92. The third kappa shape index (κ3) is 5.19. The highest BCUT2D eigenvalue weighted by Gasteiger charge is 2.29. The Morgan fingerprint density at radius 3 is 2.69 bits per heavy atom. The first-order valence-electron chi connectivity index (χ1n) is 9.30. The molecule has 10 heteroatoms. The van der Waals surface area contributed by atoms with Gasteiger partial charge in [0, 0.05) is 20.6 Å². The quantitative estimate of drug-likeness (QED) is 0.341. The molecule has 1 aliphatic carbocycles. The molecule has 8 nitrogen and oxygen atoms in total. The van der Waals surface area contributed by atoms with E-state index in [2.05, 4.69) is 4.98 Å². The minimum absolute atomic E-state index is 0.0421. The zero-order chi connectivity index (χ0) is 21.0. The molecule has 1 fully saturated rings. The Hall–Kier alpha value is -2.32. The van der Waals surface area contributed by atoms with E-state index in [-0.39, 0.29) is 30.3 Å². The minimum Gasteiger partial charge on any atom is -0.455 e. The lowest BCUT2D eigenvalue weighted by Crippen LogP contribution is -2.24. The number of nitrogens with zero attached hydrogens (tertiary/aromatic N) is 3. The highest BCUT2D eigenvalue weighted by Crippen LogP contribution is 2.33. The highest BCUT2D eigenvalue weighted by molar-refractivity contribution is 6.35. The zero-order valence-electron chi connectivity index (χ0n) is 15.8. The molecule has 0 amide bonds. The van der Waals surface area contributed by atoms with Gasteiger partial charge in [-0.1, -0.05) is 48.5 Å². The molecule has 0 aliphatic heterocycles. The van der Waals surface area contributed by atoms with Crippen molar-refractivity contribution < 1.29 is 19.2 Å². The molecule has 156 valence electrons. The summed E-state index contributed by atoms with van der Waals surface area (Å²) < 4.78 is 12.4. The van der Waals surface area contributed by atoms with E-state index in [0.717, 1.165) is 32.1 Å². The number of methoxy groups -OCH3 is 1. The second-order valence-corrected chi connectivity index (χ2v) is 7.77. The van der Waals surface area contributed by atoms with Crippen molar-refractivity contribution in [3.63, 3.8) is 0 Å². The molecule has 2 aromatic rings. The molecular weight excluding hydrogens is 421 g/mol. The molecule has 1 aromatic heterocycles. The molecule has 3 rings (SSSR count). The van der Waals surface area contributed by atoms with Crippen LogP contribution < -0.4 is 4.74 Å². The Kier molecular flexibility index (Phi) is 6.97. The Morgan fingerprint density at radius 2 is 2.07 bits per heavy atom. The number of carbonyl (C=O) groups is 1. The average molecular weight is 442 g/mol. The Bertz CT molecular complexity index is 896. The number of hydrogen-bond acceptors (Lipinski definition) is 6. The number of halogens is 2. The van der Waals surface area contributed by atoms with Crippen LogP contribution in [0.15, 0.2) is 24.4 Å². The van der Waals surface area contributed by atoms with Crippen LogP contribution >= 0.6 is 23.2 Å². The normalized spacial score (nSPS) is 15.7. The molecule has 1 unspecified atom stereocenters. The van der Waals surface area contributed by atoms with Crippen LogP contribution in [0.2, 0.25) is 10.0 Å². The van der Waals surface area contributed by atoms with Crippen molar-refractivity contribution >= 4 is 35.0 Å². The fourth-order valence-electron chi connectivity index (χ4n) is 3.48. The van der Waals surface area contributed by atoms with Gasteiger partial charge in [0.2, 0.25) is 0 Å². The fraction of sp³-hybridized carbons (Fsp3) is 0.474. The standard InChI is InChI=1S/C19H21Cl2N3O5/c1-28-19-22-17(24(26)27)11-23(19)10-16(14-8-7-13(20)9-15(14)21)29-18(25)12-5-3-2-4-6-12/h7-9,11-12,16H,2-6,10H2,1H3. The van der Waals surface area contributed by atoms with Gasteiger partial charge in [0.25, 0.3) is 0 Å². The predicted octanol–water partition coefficient (Wildman–Crippen LogP) is 4.97. The summed E-state index contributed by atoms with van der Waals surface area (Å²) in [5.74, 6) is -0.813. The number of rotatable bonds is 7. The zero-order valence-corrected chi connectivity index (χ0v) is 17.4. The first-order chi connectivity index (χ1) is 13.9. The number of benzene rings is 1. The summed E-state index contributed by atoms with van der Waals surface area (Å²) in [5.41, 5.74) is 0.554. The molecule has 1 heterocycles. The molecule has 1 aliphatic rings. The van der Waals surface area contributed by atoms with E-state index in [9.17, 15) is 14.9 Å². The fourth-order valence-corrected chi connectivity index (χ4v) is 4.01. The van der Waals surface area contributed by atoms with Gasteiger partial charge in [0.1, 0.15) is 12.3 Å². The van der Waals surface area contributed by atoms with Crippen molar-refractivity contribution in [3.8, 4) is 6.01 Å². The van der Waals surface area contributed by atoms with Gasteiger partial charge in [-0.05, 0) is 29.9 Å². The first kappa shape index (κ1) is 21.4. The van der Waals surface area contributed by atoms with Crippen molar-refractivity contribution in [2.45, 2.75) is 44.8 Å². The maximum atomic E-state index is 12.8. The van der Waals surface area contributed by atoms with Crippen LogP contribution in [0.1, 0.15) is 43.8 Å². The van der Waals surface area contributed by atoms with Crippen molar-refractivity contribution in [1.82, 2.24) is 9.55 Å². The molecular formula is C19H21Cl2N3O5. The molecule has 29 heavy (non-hydrogen) atoms. The van der Waals surface area contributed by atoms with E-state index < -0.39 is 11.0 Å². The van der Waals surface area contributed by atoms with E-state index in [1.165, 1.54) is 17.9 Å². The van der Waals surface area contributed by atoms with Gasteiger partial charge in [0.15, 0.2) is 0 Å². The average Bonchev–Trinajstić information content (AvgIpc) is 3.11. The Balaban J connectivity index is 1.90. The topological polar surface area (TPSA) is 96.5 Å². The van der Waals surface area contributed by atoms with Crippen LogP contribution in [0.5, 0.6) is 6.01 Å². The van der Waals surface area contributed by atoms with Crippen molar-refractivity contribution in [2.75, 3.05) is 7.11 Å². The van der Waals surface area contributed by atoms with Gasteiger partial charge in [-0.25, -0.2) is 0 Å². The lowest BCUT2D eigenvalue weighted by molar-refractivity contribution is -0.389. The van der Waals surface area contributed by atoms with Crippen molar-refractivity contribution in [1.29, 1.82) is 0 Å². The Morgan fingerprint density at radius 1 is 1.34 bits per heavy atom. The summed E-state index contributed by atoms with van der Waals surface area (Å²) in [6.45, 7) is 0.0594. The van der Waals surface area contributed by atoms with Crippen LogP contribution in [-0.2, 0) is 16.1 Å². The molecule has 1 atom stereocenters. The SMILES string of the molecule is COc1nc([N+](=O)[O-])cn1CC(OC(=O)C1CCCCC1)c1ccc(Cl)cc1Cl. The number of nitro groups is 1. The number of carbonyl (C=O) groups excluding carboxylic acids is 1. The van der Waals surface area contributed by atoms with Crippen LogP contribution in [0.25, 0.3) is 0 Å². The summed E-state index contributed by atoms with van der Waals surface area (Å²) in [5, 5.41) is 11.9. The van der Waals surface area contributed by atoms with Gasteiger partial charge in [0.05, 0.1) is 19.6 Å². The van der Waals surface area contributed by atoms with Crippen molar-refractivity contribution in [2.24, 2.45) is 5.92 Å². The van der Waals surface area contributed by atoms with E-state index in [4.69, 9.17) is 32.7 Å². The van der Waals surface area contributed by atoms with Gasteiger partial charge < -0.3 is 19.6 Å². The molecule has 0 N–H and O–H groups in total. The van der Waals surface area contributed by atoms with Crippen LogP contribution in [0.4, 0.5) is 5.82 Å². The van der Waals surface area contributed by atoms with Crippen molar-refractivity contribution in [3.05, 3.63) is 50.1 Å². The summed E-state index contributed by atoms with van der Waals surface area (Å²) in [6.07, 6.45) is 5.15. The highest BCUT2D eigenvalue weighted by atomic mass is 35.5. The number of imidazole rings is 1. The molecule has 0 bridgehead atoms. The molecule has 1 saturated carbocycles. The summed E-state index contributed by atoms with van der Waals surface area (Å²) in [4.78, 5) is 27.0. The summed E-state index contributed by atoms with van der Waals surface area (Å²) in [6, 6.07) is 4.94. The first-order valence-corrected chi connectivity index (χ1v) is 10.1. The van der Waals surface area contributed by atoms with Gasteiger partial charge in [-0.15, -0.1) is 0 Å². The third-order valence-corrected chi connectivity index (χ3v) is 5.53. The van der Waals surface area contributed by atoms with Crippen LogP contribution in [0, 0.1) is 16.0 Å². The number of ether oxygens (including phenoxy) is 2. The lowest BCUT2D eigenvalue weighted by atomic mass is 9.89. The third-order valence-electron chi connectivity index (χ3n) is 4.97. The molecule has 0 radical (unpaired) electrons. The van der Waals surface area contributed by atoms with E-state index in [0.29, 0.717) is 15.6 Å². The van der Waals surface area contributed by atoms with E-state index in [1.807, 2.05) is 0 Å². The van der Waals surface area contributed by atoms with Gasteiger partial charge in [-0.3, -0.25) is 9.36 Å². The smallest absolute Gasteiger partial charge is 0.414 e. The van der Waals surface area contributed by atoms with Gasteiger partial charge >= 0.3 is 17.8 Å². The summed E-state index contributed by atoms with van der Waals surface area (Å²) in [7, 11) is 1.36. The Labute approximate surface area is 177 Å². The molecule has 0 saturated heterocycles. The number of esters is 1. The summed E-state index contributed by atoms with van der Waals surface area (Å²) >= 11 is 12.3. The van der Waals surface area contributed by atoms with Gasteiger partial charge in [-0.2, -0.15) is 0 Å². The van der Waals surface area contributed by atoms with Crippen LogP contribution in [0.3, 0.4) is 0 Å². The maximum absolute atomic E-state index is 12.8. The predicted molar refractivity (Wildman–Crippen MR) is 107 cm³/mol. The molecule has 1 aromatic carbocycles. The number of hydrogen-bond donors (Lipinski definition) is 0. The number of aromatic nitrogens is 2. The maximum Gasteiger partial charge on any atom is 0.414 e. The van der Waals surface area contributed by atoms with E-state index in [1.54, 1.807) is 18.2 Å². The molecule has 0 spiro atoms. The van der Waals surface area contributed by atoms with Crippen LogP contribution in [-0.4, -0.2) is 27.6 Å². The minimum atomic E-state index is -0.781. The monoisotopic (exact) mass is 441 g/mol. The second kappa shape index (κ2) is 9.45. The lowest BCUT2D eigenvalue weighted by Gasteiger charge is -2.25. The van der Waals surface area contributed by atoms with E-state index >= 15 is 0 Å².